The minimum atomic E-state index is -0.533. The van der Waals surface area contributed by atoms with Crippen molar-refractivity contribution in [2.75, 3.05) is 44.6 Å². The number of pyridine rings is 1. The van der Waals surface area contributed by atoms with Gasteiger partial charge in [0.25, 0.3) is 5.56 Å². The van der Waals surface area contributed by atoms with Crippen LogP contribution < -0.4 is 15.6 Å². The Labute approximate surface area is 215 Å². The van der Waals surface area contributed by atoms with Crippen LogP contribution in [-0.2, 0) is 13.6 Å². The summed E-state index contributed by atoms with van der Waals surface area (Å²) in [4.78, 5) is 26.7. The van der Waals surface area contributed by atoms with E-state index in [0.717, 1.165) is 52.2 Å². The zero-order chi connectivity index (χ0) is 25.6. The maximum atomic E-state index is 14.0. The molecule has 1 N–H and O–H groups in total. The maximum Gasteiger partial charge on any atom is 0.294 e. The molecule has 1 aliphatic heterocycles. The third-order valence-electron chi connectivity index (χ3n) is 6.62. The van der Waals surface area contributed by atoms with E-state index >= 15 is 0 Å². The summed E-state index contributed by atoms with van der Waals surface area (Å²) < 4.78 is 20.9. The van der Waals surface area contributed by atoms with Crippen LogP contribution in [0.1, 0.15) is 12.0 Å². The van der Waals surface area contributed by atoms with Crippen molar-refractivity contribution in [2.24, 2.45) is 7.05 Å². The Morgan fingerprint density at radius 3 is 2.49 bits per heavy atom. The first kappa shape index (κ1) is 24.9. The van der Waals surface area contributed by atoms with Gasteiger partial charge in [-0.05, 0) is 36.7 Å². The number of hydrogen-bond donors (Lipinski definition) is 1. The molecule has 1 saturated heterocycles. The lowest BCUT2D eigenvalue weighted by molar-refractivity contribution is 0.127. The number of nitrogens with one attached hydrogen (secondary N) is 1. The van der Waals surface area contributed by atoms with E-state index in [-0.39, 0.29) is 11.5 Å². The highest BCUT2D eigenvalue weighted by molar-refractivity contribution is 5.76. The Kier molecular flexibility index (Phi) is 7.72. The quantitative estimate of drug-likeness (QED) is 0.348. The van der Waals surface area contributed by atoms with Crippen molar-refractivity contribution in [3.8, 4) is 11.5 Å². The number of piperazine rings is 1. The molecule has 0 aliphatic carbocycles. The smallest absolute Gasteiger partial charge is 0.294 e. The van der Waals surface area contributed by atoms with Crippen molar-refractivity contribution in [2.45, 2.75) is 13.0 Å². The monoisotopic (exact) mass is 502 g/mol. The first-order valence-electron chi connectivity index (χ1n) is 12.6. The first-order valence-corrected chi connectivity index (χ1v) is 12.6. The minimum absolute atomic E-state index is 0.00392. The molecular weight excluding hydrogens is 471 g/mol. The van der Waals surface area contributed by atoms with E-state index in [0.29, 0.717) is 17.0 Å². The molecule has 0 saturated carbocycles. The van der Waals surface area contributed by atoms with Crippen molar-refractivity contribution in [1.29, 1.82) is 0 Å². The molecule has 0 bridgehead atoms. The van der Waals surface area contributed by atoms with E-state index in [1.54, 1.807) is 31.4 Å². The fourth-order valence-corrected chi connectivity index (χ4v) is 4.54. The van der Waals surface area contributed by atoms with Crippen LogP contribution in [0, 0.1) is 5.82 Å². The molecule has 9 heteroatoms. The number of halogens is 1. The van der Waals surface area contributed by atoms with Crippen molar-refractivity contribution in [3.05, 3.63) is 88.6 Å². The van der Waals surface area contributed by atoms with Gasteiger partial charge in [-0.1, -0.05) is 42.5 Å². The summed E-state index contributed by atoms with van der Waals surface area (Å²) in [6, 6.07) is 18.1. The molecule has 2 aromatic heterocycles. The second-order valence-corrected chi connectivity index (χ2v) is 9.26. The molecule has 2 aromatic carbocycles. The van der Waals surface area contributed by atoms with Crippen LogP contribution in [0.3, 0.4) is 0 Å². The zero-order valence-corrected chi connectivity index (χ0v) is 20.9. The topological polar surface area (TPSA) is 75.5 Å². The van der Waals surface area contributed by atoms with Crippen LogP contribution in [0.15, 0.2) is 71.7 Å². The highest BCUT2D eigenvalue weighted by Crippen LogP contribution is 2.24. The van der Waals surface area contributed by atoms with Gasteiger partial charge in [0.05, 0.1) is 0 Å². The van der Waals surface area contributed by atoms with Crippen molar-refractivity contribution in [3.63, 3.8) is 0 Å². The largest absolute Gasteiger partial charge is 0.448 e. The third kappa shape index (κ3) is 6.12. The van der Waals surface area contributed by atoms with Gasteiger partial charge >= 0.3 is 0 Å². The standard InChI is InChI=1S/C28H31FN6O2/c1-33-26-22(18-25(27(33)36)37-24-11-6-5-10-23(24)29)19-31-28(32-26)30-12-7-13-34-14-16-35(17-15-34)20-21-8-3-2-4-9-21/h2-6,8-11,18-19H,7,12-17,20H2,1H3,(H,30,31,32). The highest BCUT2D eigenvalue weighted by atomic mass is 19.1. The summed E-state index contributed by atoms with van der Waals surface area (Å²) in [6.45, 7) is 7.04. The van der Waals surface area contributed by atoms with Gasteiger partial charge in [-0.3, -0.25) is 14.3 Å². The lowest BCUT2D eigenvalue weighted by Crippen LogP contribution is -2.46. The number of fused-ring (bicyclic) bond motifs is 1. The van der Waals surface area contributed by atoms with Crippen LogP contribution in [-0.4, -0.2) is 63.6 Å². The van der Waals surface area contributed by atoms with Gasteiger partial charge in [0.2, 0.25) is 5.95 Å². The van der Waals surface area contributed by atoms with E-state index in [4.69, 9.17) is 4.74 Å². The number of aryl methyl sites for hydroxylation is 1. The predicted octanol–water partition coefficient (Wildman–Crippen LogP) is 3.88. The molecule has 4 aromatic rings. The van der Waals surface area contributed by atoms with Gasteiger partial charge in [0.15, 0.2) is 17.3 Å². The number of anilines is 1. The van der Waals surface area contributed by atoms with Crippen LogP contribution in [0.4, 0.5) is 10.3 Å². The number of hydrogen-bond acceptors (Lipinski definition) is 7. The number of ether oxygens (including phenoxy) is 1. The average molecular weight is 503 g/mol. The average Bonchev–Trinajstić information content (AvgIpc) is 2.92. The third-order valence-corrected chi connectivity index (χ3v) is 6.62. The summed E-state index contributed by atoms with van der Waals surface area (Å²) in [5, 5.41) is 3.90. The van der Waals surface area contributed by atoms with Crippen LogP contribution >= 0.6 is 0 Å². The van der Waals surface area contributed by atoms with Gasteiger partial charge in [-0.25, -0.2) is 9.37 Å². The van der Waals surface area contributed by atoms with E-state index in [2.05, 4.69) is 55.4 Å². The van der Waals surface area contributed by atoms with Crippen LogP contribution in [0.2, 0.25) is 0 Å². The summed E-state index contributed by atoms with van der Waals surface area (Å²) >= 11 is 0. The molecule has 192 valence electrons. The Morgan fingerprint density at radius 2 is 1.70 bits per heavy atom. The molecule has 0 unspecified atom stereocenters. The molecular formula is C28H31FN6O2. The van der Waals surface area contributed by atoms with Gasteiger partial charge < -0.3 is 15.0 Å². The lowest BCUT2D eigenvalue weighted by atomic mass is 10.2. The van der Waals surface area contributed by atoms with Crippen LogP contribution in [0.5, 0.6) is 11.5 Å². The SMILES string of the molecule is Cn1c(=O)c(Oc2ccccc2F)cc2cnc(NCCCN3CCN(Cc4ccccc4)CC3)nc21. The van der Waals surface area contributed by atoms with Gasteiger partial charge in [0, 0.05) is 57.9 Å². The minimum Gasteiger partial charge on any atom is -0.448 e. The fourth-order valence-electron chi connectivity index (χ4n) is 4.54. The Bertz CT molecular complexity index is 1400. The van der Waals surface area contributed by atoms with E-state index in [1.165, 1.54) is 22.3 Å². The first-order chi connectivity index (χ1) is 18.1. The molecule has 37 heavy (non-hydrogen) atoms. The Morgan fingerprint density at radius 1 is 0.973 bits per heavy atom. The molecule has 0 atom stereocenters. The number of nitrogens with zero attached hydrogens (tertiary/aromatic N) is 5. The molecule has 8 nitrogen and oxygen atoms in total. The van der Waals surface area contributed by atoms with E-state index < -0.39 is 11.4 Å². The molecule has 1 aliphatic rings. The summed E-state index contributed by atoms with van der Waals surface area (Å²) in [5.41, 5.74) is 1.45. The number of benzene rings is 2. The van der Waals surface area contributed by atoms with Crippen molar-refractivity contribution < 1.29 is 9.13 Å². The number of rotatable bonds is 9. The van der Waals surface area contributed by atoms with Crippen molar-refractivity contribution in [1.82, 2.24) is 24.3 Å². The summed E-state index contributed by atoms with van der Waals surface area (Å²) in [6.07, 6.45) is 2.61. The second kappa shape index (κ2) is 11.5. The maximum absolute atomic E-state index is 14.0. The second-order valence-electron chi connectivity index (χ2n) is 9.26. The van der Waals surface area contributed by atoms with Crippen LogP contribution in [0.25, 0.3) is 11.0 Å². The molecule has 3 heterocycles. The Balaban J connectivity index is 1.12. The van der Waals surface area contributed by atoms with Crippen molar-refractivity contribution >= 4 is 17.0 Å². The fraction of sp³-hybridized carbons (Fsp3) is 0.321. The molecule has 0 amide bonds. The Hall–Kier alpha value is -3.82. The number of aromatic nitrogens is 3. The molecule has 0 radical (unpaired) electrons. The van der Waals surface area contributed by atoms with Gasteiger partial charge in [0.1, 0.15) is 5.65 Å². The molecule has 5 rings (SSSR count). The van der Waals surface area contributed by atoms with Gasteiger partial charge in [-0.15, -0.1) is 0 Å². The van der Waals surface area contributed by atoms with E-state index in [9.17, 15) is 9.18 Å². The summed E-state index contributed by atoms with van der Waals surface area (Å²) in [5.74, 6) is -0.0449. The van der Waals surface area contributed by atoms with Gasteiger partial charge in [-0.2, -0.15) is 4.98 Å². The highest BCUT2D eigenvalue weighted by Gasteiger charge is 2.17. The van der Waals surface area contributed by atoms with E-state index in [1.807, 2.05) is 0 Å². The lowest BCUT2D eigenvalue weighted by Gasteiger charge is -2.34. The normalized spacial score (nSPS) is 14.6. The summed E-state index contributed by atoms with van der Waals surface area (Å²) in [7, 11) is 1.62. The zero-order valence-electron chi connectivity index (χ0n) is 20.9. The number of para-hydroxylation sites is 1. The molecule has 1 fully saturated rings. The molecule has 0 spiro atoms. The predicted molar refractivity (Wildman–Crippen MR) is 143 cm³/mol.